The average Bonchev–Trinajstić information content (AvgIpc) is 3.16. The minimum absolute atomic E-state index is 0.00602. The van der Waals surface area contributed by atoms with E-state index in [-0.39, 0.29) is 17.8 Å². The Morgan fingerprint density at radius 2 is 1.88 bits per heavy atom. The minimum atomic E-state index is -0.655. The highest BCUT2D eigenvalue weighted by Crippen LogP contribution is 2.22. The SMILES string of the molecule is CCCCOC(=O)C[C@H](NC(=O)c1cc(=O)n(-c2ccccc2F)[nH]1)c1ccccc1C. The van der Waals surface area contributed by atoms with Crippen LogP contribution in [0.5, 0.6) is 0 Å². The number of aromatic nitrogens is 2. The summed E-state index contributed by atoms with van der Waals surface area (Å²) in [5.41, 5.74) is 1.05. The molecule has 3 rings (SSSR count). The highest BCUT2D eigenvalue weighted by atomic mass is 19.1. The van der Waals surface area contributed by atoms with Crippen LogP contribution < -0.4 is 10.9 Å². The van der Waals surface area contributed by atoms with Crippen molar-refractivity contribution in [2.24, 2.45) is 0 Å². The summed E-state index contributed by atoms with van der Waals surface area (Å²) in [6.45, 7) is 4.20. The van der Waals surface area contributed by atoms with Crippen LogP contribution in [0.15, 0.2) is 59.4 Å². The van der Waals surface area contributed by atoms with E-state index < -0.39 is 29.3 Å². The lowest BCUT2D eigenvalue weighted by Gasteiger charge is -2.20. The molecule has 0 aliphatic carbocycles. The molecule has 168 valence electrons. The molecule has 2 N–H and O–H groups in total. The van der Waals surface area contributed by atoms with Crippen LogP contribution in [-0.2, 0) is 9.53 Å². The predicted molar refractivity (Wildman–Crippen MR) is 118 cm³/mol. The molecule has 3 aromatic rings. The molecule has 0 saturated heterocycles. The molecule has 0 unspecified atom stereocenters. The summed E-state index contributed by atoms with van der Waals surface area (Å²) < 4.78 is 20.3. The van der Waals surface area contributed by atoms with Gasteiger partial charge in [-0.2, -0.15) is 0 Å². The van der Waals surface area contributed by atoms with Crippen LogP contribution in [0.4, 0.5) is 4.39 Å². The van der Waals surface area contributed by atoms with Crippen LogP contribution in [0.1, 0.15) is 53.8 Å². The van der Waals surface area contributed by atoms with Crippen molar-refractivity contribution in [2.75, 3.05) is 6.61 Å². The van der Waals surface area contributed by atoms with Gasteiger partial charge in [0.2, 0.25) is 0 Å². The Labute approximate surface area is 185 Å². The van der Waals surface area contributed by atoms with E-state index in [1.165, 1.54) is 18.2 Å². The van der Waals surface area contributed by atoms with Gasteiger partial charge in [-0.15, -0.1) is 0 Å². The predicted octanol–water partition coefficient (Wildman–Crippen LogP) is 3.82. The van der Waals surface area contributed by atoms with E-state index in [9.17, 15) is 18.8 Å². The summed E-state index contributed by atoms with van der Waals surface area (Å²) in [7, 11) is 0. The Bertz CT molecular complexity index is 1150. The van der Waals surface area contributed by atoms with Gasteiger partial charge in [-0.05, 0) is 36.6 Å². The maximum atomic E-state index is 14.1. The van der Waals surface area contributed by atoms with Crippen molar-refractivity contribution in [3.05, 3.63) is 87.6 Å². The lowest BCUT2D eigenvalue weighted by atomic mass is 9.98. The Hall–Kier alpha value is -3.68. The molecule has 1 amide bonds. The molecule has 1 atom stereocenters. The van der Waals surface area contributed by atoms with E-state index >= 15 is 0 Å². The number of para-hydroxylation sites is 1. The molecule has 1 aromatic heterocycles. The lowest BCUT2D eigenvalue weighted by molar-refractivity contribution is -0.144. The number of unbranched alkanes of at least 4 members (excludes halogenated alkanes) is 1. The first-order chi connectivity index (χ1) is 15.4. The van der Waals surface area contributed by atoms with Crippen molar-refractivity contribution in [2.45, 2.75) is 39.2 Å². The van der Waals surface area contributed by atoms with Crippen molar-refractivity contribution in [1.29, 1.82) is 0 Å². The Morgan fingerprint density at radius 1 is 1.16 bits per heavy atom. The first-order valence-electron chi connectivity index (χ1n) is 10.5. The van der Waals surface area contributed by atoms with Crippen LogP contribution in [0, 0.1) is 12.7 Å². The third-order valence-electron chi connectivity index (χ3n) is 5.06. The molecule has 2 aromatic carbocycles. The molecule has 8 heteroatoms. The van der Waals surface area contributed by atoms with Crippen molar-refractivity contribution >= 4 is 11.9 Å². The molecule has 0 aliphatic rings. The molecule has 32 heavy (non-hydrogen) atoms. The highest BCUT2D eigenvalue weighted by molar-refractivity contribution is 5.92. The van der Waals surface area contributed by atoms with E-state index in [1.54, 1.807) is 6.07 Å². The van der Waals surface area contributed by atoms with E-state index in [0.29, 0.717) is 6.61 Å². The molecule has 7 nitrogen and oxygen atoms in total. The molecular weight excluding hydrogens is 413 g/mol. The van der Waals surface area contributed by atoms with Gasteiger partial charge in [0.1, 0.15) is 17.2 Å². The summed E-state index contributed by atoms with van der Waals surface area (Å²) >= 11 is 0. The van der Waals surface area contributed by atoms with Crippen LogP contribution in [0.3, 0.4) is 0 Å². The number of aromatic amines is 1. The molecule has 1 heterocycles. The number of benzene rings is 2. The van der Waals surface area contributed by atoms with Gasteiger partial charge in [0.25, 0.3) is 11.5 Å². The third kappa shape index (κ3) is 5.51. The average molecular weight is 439 g/mol. The van der Waals surface area contributed by atoms with E-state index in [1.807, 2.05) is 38.1 Å². The Balaban J connectivity index is 1.83. The number of halogens is 1. The first-order valence-corrected chi connectivity index (χ1v) is 10.5. The standard InChI is InChI=1S/C24H26FN3O4/c1-3-4-13-32-23(30)15-19(17-10-6-5-9-16(17)2)26-24(31)20-14-22(29)28(27-20)21-12-8-7-11-18(21)25/h5-12,14,19,27H,3-4,13,15H2,1-2H3,(H,26,31)/t19-/m0/s1. The van der Waals surface area contributed by atoms with Crippen molar-refractivity contribution in [1.82, 2.24) is 15.1 Å². The van der Waals surface area contributed by atoms with Gasteiger partial charge in [0.15, 0.2) is 0 Å². The Kier molecular flexibility index (Phi) is 7.59. The number of hydrogen-bond donors (Lipinski definition) is 2. The number of H-pyrrole nitrogens is 1. The molecular formula is C24H26FN3O4. The number of nitrogens with zero attached hydrogens (tertiary/aromatic N) is 1. The maximum Gasteiger partial charge on any atom is 0.308 e. The lowest BCUT2D eigenvalue weighted by Crippen LogP contribution is -2.31. The number of aryl methyl sites for hydroxylation is 1. The van der Waals surface area contributed by atoms with Crippen molar-refractivity contribution in [3.63, 3.8) is 0 Å². The van der Waals surface area contributed by atoms with Crippen molar-refractivity contribution < 1.29 is 18.7 Å². The van der Waals surface area contributed by atoms with Crippen LogP contribution >= 0.6 is 0 Å². The topological polar surface area (TPSA) is 93.2 Å². The fourth-order valence-corrected chi connectivity index (χ4v) is 3.33. The van der Waals surface area contributed by atoms with E-state index in [0.717, 1.165) is 34.7 Å². The number of carbonyl (C=O) groups is 2. The van der Waals surface area contributed by atoms with Crippen LogP contribution in [0.25, 0.3) is 5.69 Å². The van der Waals surface area contributed by atoms with Crippen molar-refractivity contribution in [3.8, 4) is 5.69 Å². The molecule has 0 saturated carbocycles. The van der Waals surface area contributed by atoms with Gasteiger partial charge in [0.05, 0.1) is 19.1 Å². The monoisotopic (exact) mass is 439 g/mol. The number of nitrogens with one attached hydrogen (secondary N) is 2. The molecule has 0 fully saturated rings. The van der Waals surface area contributed by atoms with Gasteiger partial charge in [-0.3, -0.25) is 19.5 Å². The minimum Gasteiger partial charge on any atom is -0.466 e. The molecule has 0 radical (unpaired) electrons. The maximum absolute atomic E-state index is 14.1. The normalized spacial score (nSPS) is 11.7. The second-order valence-corrected chi connectivity index (χ2v) is 7.46. The number of carbonyl (C=O) groups excluding carboxylic acids is 2. The zero-order chi connectivity index (χ0) is 23.1. The highest BCUT2D eigenvalue weighted by Gasteiger charge is 2.23. The number of hydrogen-bond acceptors (Lipinski definition) is 4. The molecule has 0 bridgehead atoms. The zero-order valence-corrected chi connectivity index (χ0v) is 18.1. The second-order valence-electron chi connectivity index (χ2n) is 7.46. The van der Waals surface area contributed by atoms with Gasteiger partial charge >= 0.3 is 5.97 Å². The quantitative estimate of drug-likeness (QED) is 0.392. The van der Waals surface area contributed by atoms with E-state index in [4.69, 9.17) is 4.74 Å². The second kappa shape index (κ2) is 10.6. The zero-order valence-electron chi connectivity index (χ0n) is 18.1. The Morgan fingerprint density at radius 3 is 2.59 bits per heavy atom. The summed E-state index contributed by atoms with van der Waals surface area (Å²) in [6.07, 6.45) is 1.61. The summed E-state index contributed by atoms with van der Waals surface area (Å²) in [5.74, 6) is -1.62. The number of amides is 1. The van der Waals surface area contributed by atoms with Gasteiger partial charge in [-0.1, -0.05) is 49.7 Å². The summed E-state index contributed by atoms with van der Waals surface area (Å²) in [4.78, 5) is 37.6. The summed E-state index contributed by atoms with van der Waals surface area (Å²) in [6, 6.07) is 13.6. The van der Waals surface area contributed by atoms with Gasteiger partial charge in [-0.25, -0.2) is 9.07 Å². The van der Waals surface area contributed by atoms with Crippen LogP contribution in [0.2, 0.25) is 0 Å². The third-order valence-corrected chi connectivity index (χ3v) is 5.06. The van der Waals surface area contributed by atoms with Gasteiger partial charge in [0, 0.05) is 6.07 Å². The summed E-state index contributed by atoms with van der Waals surface area (Å²) in [5, 5.41) is 5.44. The first kappa shape index (κ1) is 23.0. The van der Waals surface area contributed by atoms with Crippen LogP contribution in [-0.4, -0.2) is 28.3 Å². The van der Waals surface area contributed by atoms with Gasteiger partial charge < -0.3 is 10.1 Å². The largest absolute Gasteiger partial charge is 0.466 e. The number of rotatable bonds is 9. The number of ether oxygens (including phenoxy) is 1. The van der Waals surface area contributed by atoms with E-state index in [2.05, 4.69) is 10.4 Å². The fraction of sp³-hybridized carbons (Fsp3) is 0.292. The fourth-order valence-electron chi connectivity index (χ4n) is 3.33. The molecule has 0 aliphatic heterocycles. The molecule has 0 spiro atoms. The smallest absolute Gasteiger partial charge is 0.308 e. The number of esters is 1.